The highest BCUT2D eigenvalue weighted by molar-refractivity contribution is 6.59. The van der Waals surface area contributed by atoms with Crippen molar-refractivity contribution in [3.05, 3.63) is 42.5 Å². The minimum atomic E-state index is -1.42. The Kier molecular flexibility index (Phi) is 5.59. The molecular weight excluding hydrogens is 297 g/mol. The van der Waals surface area contributed by atoms with Gasteiger partial charge in [-0.15, -0.1) is 0 Å². The third-order valence-electron chi connectivity index (χ3n) is 4.83. The summed E-state index contributed by atoms with van der Waals surface area (Å²) < 4.78 is 2.37. The van der Waals surface area contributed by atoms with Gasteiger partial charge in [-0.25, -0.2) is 0 Å². The van der Waals surface area contributed by atoms with Gasteiger partial charge < -0.3 is 14.6 Å². The van der Waals surface area contributed by atoms with Crippen LogP contribution in [0.15, 0.2) is 42.5 Å². The van der Waals surface area contributed by atoms with Crippen LogP contribution >= 0.6 is 0 Å². The zero-order valence-corrected chi connectivity index (χ0v) is 14.4. The Morgan fingerprint density at radius 1 is 0.833 bits per heavy atom. The van der Waals surface area contributed by atoms with E-state index in [4.69, 9.17) is 0 Å². The molecule has 1 heterocycles. The Labute approximate surface area is 144 Å². The van der Waals surface area contributed by atoms with Crippen LogP contribution in [0.25, 0.3) is 21.8 Å². The van der Waals surface area contributed by atoms with Crippen LogP contribution in [0.5, 0.6) is 0 Å². The van der Waals surface area contributed by atoms with Gasteiger partial charge in [0.25, 0.3) is 0 Å². The number of benzene rings is 2. The molecule has 0 aliphatic carbocycles. The first kappa shape index (κ1) is 17.1. The van der Waals surface area contributed by atoms with Gasteiger partial charge in [-0.3, -0.25) is 0 Å². The Hall–Kier alpha value is -1.78. The molecule has 0 radical (unpaired) electrons. The molecular formula is C20H26BNO2. The number of aromatic nitrogens is 1. The summed E-state index contributed by atoms with van der Waals surface area (Å²) >= 11 is 0. The summed E-state index contributed by atoms with van der Waals surface area (Å²) in [6, 6.07) is 14.1. The lowest BCUT2D eigenvalue weighted by Crippen LogP contribution is -2.29. The van der Waals surface area contributed by atoms with E-state index in [1.807, 2.05) is 24.3 Å². The molecule has 2 aromatic carbocycles. The number of hydrogen-bond acceptors (Lipinski definition) is 2. The molecule has 0 aliphatic heterocycles. The van der Waals surface area contributed by atoms with Gasteiger partial charge in [0, 0.05) is 28.4 Å². The monoisotopic (exact) mass is 323 g/mol. The lowest BCUT2D eigenvalue weighted by atomic mass is 9.80. The first-order valence-electron chi connectivity index (χ1n) is 9.09. The van der Waals surface area contributed by atoms with E-state index in [0.717, 1.165) is 11.9 Å². The van der Waals surface area contributed by atoms with E-state index in [1.54, 1.807) is 0 Å². The third-order valence-corrected chi connectivity index (χ3v) is 4.83. The first-order chi connectivity index (χ1) is 11.7. The van der Waals surface area contributed by atoms with Gasteiger partial charge in [0.1, 0.15) is 0 Å². The molecule has 3 nitrogen and oxygen atoms in total. The molecule has 126 valence electrons. The number of nitrogens with zero attached hydrogens (tertiary/aromatic N) is 1. The maximum absolute atomic E-state index is 9.45. The van der Waals surface area contributed by atoms with Crippen molar-refractivity contribution in [2.75, 3.05) is 0 Å². The molecule has 0 bridgehead atoms. The average Bonchev–Trinajstić information content (AvgIpc) is 2.91. The number of aryl methyl sites for hydroxylation is 1. The zero-order valence-electron chi connectivity index (χ0n) is 14.4. The minimum absolute atomic E-state index is 0.546. The molecule has 3 aromatic rings. The van der Waals surface area contributed by atoms with Crippen molar-refractivity contribution in [1.82, 2.24) is 4.57 Å². The summed E-state index contributed by atoms with van der Waals surface area (Å²) in [6.45, 7) is 3.26. The van der Waals surface area contributed by atoms with Gasteiger partial charge in [0.05, 0.1) is 0 Å². The van der Waals surface area contributed by atoms with Gasteiger partial charge in [-0.05, 0) is 24.0 Å². The van der Waals surface area contributed by atoms with Crippen LogP contribution in [0, 0.1) is 0 Å². The number of unbranched alkanes of at least 4 members (excludes halogenated alkanes) is 5. The van der Waals surface area contributed by atoms with Crippen LogP contribution in [0.4, 0.5) is 0 Å². The van der Waals surface area contributed by atoms with Crippen molar-refractivity contribution in [3.8, 4) is 0 Å². The van der Waals surface area contributed by atoms with Crippen molar-refractivity contribution in [2.24, 2.45) is 0 Å². The summed E-state index contributed by atoms with van der Waals surface area (Å²) in [7, 11) is -1.42. The molecule has 0 unspecified atom stereocenters. The van der Waals surface area contributed by atoms with Crippen LogP contribution in [0.1, 0.15) is 45.4 Å². The Morgan fingerprint density at radius 3 is 2.33 bits per heavy atom. The molecule has 0 saturated heterocycles. The van der Waals surface area contributed by atoms with Crippen molar-refractivity contribution in [1.29, 1.82) is 0 Å². The summed E-state index contributed by atoms with van der Waals surface area (Å²) in [6.07, 6.45) is 7.71. The van der Waals surface area contributed by atoms with Gasteiger partial charge in [-0.1, -0.05) is 69.4 Å². The lowest BCUT2D eigenvalue weighted by molar-refractivity contribution is 0.426. The predicted octanol–water partition coefficient (Wildman–Crippen LogP) is 3.83. The fourth-order valence-electron chi connectivity index (χ4n) is 3.52. The highest BCUT2D eigenvalue weighted by Crippen LogP contribution is 2.28. The molecule has 4 heteroatoms. The highest BCUT2D eigenvalue weighted by atomic mass is 16.4. The topological polar surface area (TPSA) is 45.4 Å². The van der Waals surface area contributed by atoms with Gasteiger partial charge in [0.15, 0.2) is 0 Å². The van der Waals surface area contributed by atoms with E-state index in [0.29, 0.717) is 5.46 Å². The summed E-state index contributed by atoms with van der Waals surface area (Å²) in [5, 5.41) is 21.2. The fourth-order valence-corrected chi connectivity index (χ4v) is 3.52. The highest BCUT2D eigenvalue weighted by Gasteiger charge is 2.15. The van der Waals surface area contributed by atoms with E-state index in [9.17, 15) is 10.0 Å². The lowest BCUT2D eigenvalue weighted by Gasteiger charge is -2.08. The Morgan fingerprint density at radius 2 is 1.54 bits per heavy atom. The standard InChI is InChI=1S/C20H26BNO2/c1-2-3-4-5-6-9-14-22-19-11-8-7-10-17(19)18-15-16(21(23)24)12-13-20(18)22/h7-8,10-13,15,23-24H,2-6,9,14H2,1H3. The zero-order chi connectivity index (χ0) is 16.9. The molecule has 3 rings (SSSR count). The molecule has 24 heavy (non-hydrogen) atoms. The molecule has 0 spiro atoms. The Balaban J connectivity index is 1.88. The van der Waals surface area contributed by atoms with Crippen LogP contribution in [-0.4, -0.2) is 21.7 Å². The first-order valence-corrected chi connectivity index (χ1v) is 9.09. The van der Waals surface area contributed by atoms with E-state index < -0.39 is 7.12 Å². The van der Waals surface area contributed by atoms with Crippen molar-refractivity contribution < 1.29 is 10.0 Å². The molecule has 1 aromatic heterocycles. The Bertz CT molecular complexity index is 810. The number of hydrogen-bond donors (Lipinski definition) is 2. The van der Waals surface area contributed by atoms with Crippen LogP contribution in [-0.2, 0) is 6.54 Å². The van der Waals surface area contributed by atoms with E-state index in [2.05, 4.69) is 29.7 Å². The van der Waals surface area contributed by atoms with Crippen molar-refractivity contribution in [2.45, 2.75) is 52.0 Å². The average molecular weight is 323 g/mol. The summed E-state index contributed by atoms with van der Waals surface area (Å²) in [5.74, 6) is 0. The molecule has 0 saturated carbocycles. The second kappa shape index (κ2) is 7.86. The fraction of sp³-hybridized carbons (Fsp3) is 0.400. The second-order valence-electron chi connectivity index (χ2n) is 6.59. The maximum atomic E-state index is 9.45. The number of fused-ring (bicyclic) bond motifs is 3. The smallest absolute Gasteiger partial charge is 0.423 e. The van der Waals surface area contributed by atoms with Gasteiger partial charge in [0.2, 0.25) is 0 Å². The maximum Gasteiger partial charge on any atom is 0.488 e. The molecule has 0 fully saturated rings. The third kappa shape index (κ3) is 3.50. The molecule has 2 N–H and O–H groups in total. The van der Waals surface area contributed by atoms with Gasteiger partial charge >= 0.3 is 7.12 Å². The summed E-state index contributed by atoms with van der Waals surface area (Å²) in [5.41, 5.74) is 2.95. The number of rotatable bonds is 8. The van der Waals surface area contributed by atoms with Crippen LogP contribution in [0.2, 0.25) is 0 Å². The normalized spacial score (nSPS) is 11.5. The van der Waals surface area contributed by atoms with Crippen LogP contribution in [0.3, 0.4) is 0 Å². The van der Waals surface area contributed by atoms with E-state index in [1.165, 1.54) is 54.9 Å². The van der Waals surface area contributed by atoms with E-state index >= 15 is 0 Å². The number of para-hydroxylation sites is 1. The van der Waals surface area contributed by atoms with Crippen molar-refractivity contribution >= 4 is 34.4 Å². The van der Waals surface area contributed by atoms with Gasteiger partial charge in [-0.2, -0.15) is 0 Å². The predicted molar refractivity (Wildman–Crippen MR) is 103 cm³/mol. The summed E-state index contributed by atoms with van der Waals surface area (Å²) in [4.78, 5) is 0. The molecule has 0 amide bonds. The largest absolute Gasteiger partial charge is 0.488 e. The van der Waals surface area contributed by atoms with E-state index in [-0.39, 0.29) is 0 Å². The van der Waals surface area contributed by atoms with Crippen LogP contribution < -0.4 is 5.46 Å². The quantitative estimate of drug-likeness (QED) is 0.489. The molecule has 0 atom stereocenters. The second-order valence-corrected chi connectivity index (χ2v) is 6.59. The minimum Gasteiger partial charge on any atom is -0.423 e. The molecule has 0 aliphatic rings. The van der Waals surface area contributed by atoms with Crippen molar-refractivity contribution in [3.63, 3.8) is 0 Å². The SMILES string of the molecule is CCCCCCCCn1c2ccccc2c2cc(B(O)O)ccc21.